The highest BCUT2D eigenvalue weighted by Gasteiger charge is 1.98. The Morgan fingerprint density at radius 1 is 1.00 bits per heavy atom. The predicted octanol–water partition coefficient (Wildman–Crippen LogP) is 3.41. The number of nitriles is 1. The lowest BCUT2D eigenvalue weighted by molar-refractivity contribution is 0.627. The van der Waals surface area contributed by atoms with Crippen LogP contribution in [0.3, 0.4) is 0 Å². The van der Waals surface area contributed by atoms with Gasteiger partial charge in [-0.05, 0) is 36.8 Å². The van der Waals surface area contributed by atoms with Crippen molar-refractivity contribution in [3.63, 3.8) is 0 Å². The third-order valence-electron chi connectivity index (χ3n) is 2.51. The maximum atomic E-state index is 13.2. The molecule has 0 aromatic heterocycles. The van der Waals surface area contributed by atoms with E-state index < -0.39 is 5.82 Å². The molecule has 0 spiro atoms. The third kappa shape index (κ3) is 2.75. The van der Waals surface area contributed by atoms with Crippen molar-refractivity contribution in [1.29, 1.82) is 5.26 Å². The van der Waals surface area contributed by atoms with Crippen LogP contribution >= 0.6 is 0 Å². The molecule has 0 heterocycles. The molecule has 0 unspecified atom stereocenters. The first-order valence-electron chi connectivity index (χ1n) is 5.47. The molecule has 0 aliphatic carbocycles. The van der Waals surface area contributed by atoms with E-state index in [2.05, 4.69) is 11.8 Å². The predicted molar refractivity (Wildman–Crippen MR) is 68.3 cm³/mol. The van der Waals surface area contributed by atoms with Gasteiger partial charge in [0.25, 0.3) is 0 Å². The fourth-order valence-electron chi connectivity index (χ4n) is 1.58. The third-order valence-corrected chi connectivity index (χ3v) is 2.51. The van der Waals surface area contributed by atoms with Crippen LogP contribution in [0.15, 0.2) is 42.5 Å². The van der Waals surface area contributed by atoms with E-state index in [1.54, 1.807) is 6.07 Å². The molecule has 0 saturated carbocycles. The van der Waals surface area contributed by atoms with Gasteiger partial charge in [0.05, 0.1) is 11.6 Å². The Balaban J connectivity index is 2.39. The lowest BCUT2D eigenvalue weighted by Crippen LogP contribution is -1.84. The molecule has 0 saturated heterocycles. The lowest BCUT2D eigenvalue weighted by Gasteiger charge is -1.96. The summed E-state index contributed by atoms with van der Waals surface area (Å²) in [5.74, 6) is 5.42. The minimum Gasteiger partial charge on any atom is -0.207 e. The summed E-state index contributed by atoms with van der Waals surface area (Å²) >= 11 is 0. The van der Waals surface area contributed by atoms with E-state index in [1.165, 1.54) is 12.1 Å². The van der Waals surface area contributed by atoms with Crippen molar-refractivity contribution in [3.8, 4) is 17.9 Å². The van der Waals surface area contributed by atoms with Crippen LogP contribution in [0.5, 0.6) is 0 Å². The Kier molecular flexibility index (Phi) is 3.41. The van der Waals surface area contributed by atoms with Crippen LogP contribution in [0.2, 0.25) is 0 Å². The van der Waals surface area contributed by atoms with Crippen molar-refractivity contribution in [2.24, 2.45) is 0 Å². The molecule has 0 aliphatic rings. The Hall–Kier alpha value is -2.58. The van der Waals surface area contributed by atoms with Crippen LogP contribution < -0.4 is 0 Å². The Bertz CT molecular complexity index is 684. The molecule has 0 atom stereocenters. The van der Waals surface area contributed by atoms with Gasteiger partial charge < -0.3 is 0 Å². The monoisotopic (exact) mass is 235 g/mol. The lowest BCUT2D eigenvalue weighted by atomic mass is 10.1. The van der Waals surface area contributed by atoms with E-state index in [4.69, 9.17) is 5.26 Å². The largest absolute Gasteiger partial charge is 0.207 e. The minimum atomic E-state index is -0.442. The highest BCUT2D eigenvalue weighted by atomic mass is 19.1. The first-order valence-corrected chi connectivity index (χ1v) is 5.47. The van der Waals surface area contributed by atoms with Gasteiger partial charge in [-0.2, -0.15) is 5.26 Å². The zero-order valence-corrected chi connectivity index (χ0v) is 9.87. The fourth-order valence-corrected chi connectivity index (χ4v) is 1.58. The number of benzene rings is 2. The number of halogens is 1. The summed E-state index contributed by atoms with van der Waals surface area (Å²) in [4.78, 5) is 0. The SMILES string of the molecule is Cc1ccccc1C#Cc1cc(F)cc(C#N)c1. The molecule has 2 aromatic rings. The normalized spacial score (nSPS) is 9.17. The molecule has 2 heteroatoms. The molecular weight excluding hydrogens is 225 g/mol. The maximum absolute atomic E-state index is 13.2. The van der Waals surface area contributed by atoms with E-state index in [9.17, 15) is 4.39 Å². The molecular formula is C16H10FN. The molecule has 1 nitrogen and oxygen atoms in total. The van der Waals surface area contributed by atoms with E-state index >= 15 is 0 Å². The number of hydrogen-bond donors (Lipinski definition) is 0. The number of hydrogen-bond acceptors (Lipinski definition) is 1. The van der Waals surface area contributed by atoms with Crippen molar-refractivity contribution in [3.05, 3.63) is 70.5 Å². The maximum Gasteiger partial charge on any atom is 0.125 e. The summed E-state index contributed by atoms with van der Waals surface area (Å²) in [5.41, 5.74) is 2.76. The van der Waals surface area contributed by atoms with Gasteiger partial charge >= 0.3 is 0 Å². The molecule has 86 valence electrons. The fraction of sp³-hybridized carbons (Fsp3) is 0.0625. The van der Waals surface area contributed by atoms with Crippen LogP contribution in [0.25, 0.3) is 0 Å². The van der Waals surface area contributed by atoms with Gasteiger partial charge in [0.2, 0.25) is 0 Å². The second kappa shape index (κ2) is 5.17. The Labute approximate surface area is 106 Å². The van der Waals surface area contributed by atoms with E-state index in [0.29, 0.717) is 5.56 Å². The number of nitrogens with zero attached hydrogens (tertiary/aromatic N) is 1. The quantitative estimate of drug-likeness (QED) is 0.642. The van der Waals surface area contributed by atoms with E-state index in [-0.39, 0.29) is 5.56 Å². The van der Waals surface area contributed by atoms with Crippen molar-refractivity contribution in [1.82, 2.24) is 0 Å². The van der Waals surface area contributed by atoms with Gasteiger partial charge in [-0.25, -0.2) is 4.39 Å². The zero-order chi connectivity index (χ0) is 13.0. The Morgan fingerprint density at radius 2 is 1.72 bits per heavy atom. The van der Waals surface area contributed by atoms with Crippen LogP contribution in [0.1, 0.15) is 22.3 Å². The van der Waals surface area contributed by atoms with Crippen molar-refractivity contribution < 1.29 is 4.39 Å². The minimum absolute atomic E-state index is 0.282. The first-order chi connectivity index (χ1) is 8.69. The topological polar surface area (TPSA) is 23.8 Å². The van der Waals surface area contributed by atoms with E-state index in [0.717, 1.165) is 11.1 Å². The number of aryl methyl sites for hydroxylation is 1. The number of rotatable bonds is 0. The average molecular weight is 235 g/mol. The Morgan fingerprint density at radius 3 is 2.44 bits per heavy atom. The molecule has 0 fully saturated rings. The second-order valence-electron chi connectivity index (χ2n) is 3.91. The highest BCUT2D eigenvalue weighted by Crippen LogP contribution is 2.09. The summed E-state index contributed by atoms with van der Waals surface area (Å²) in [5, 5.41) is 8.75. The summed E-state index contributed by atoms with van der Waals surface area (Å²) in [7, 11) is 0. The molecule has 2 aromatic carbocycles. The van der Waals surface area contributed by atoms with Crippen LogP contribution in [0, 0.1) is 35.9 Å². The van der Waals surface area contributed by atoms with Crippen LogP contribution in [-0.2, 0) is 0 Å². The first kappa shape index (κ1) is 11.9. The van der Waals surface area contributed by atoms with Crippen LogP contribution in [0.4, 0.5) is 4.39 Å². The molecule has 0 aliphatic heterocycles. The van der Waals surface area contributed by atoms with Crippen molar-refractivity contribution in [2.45, 2.75) is 6.92 Å². The molecule has 18 heavy (non-hydrogen) atoms. The second-order valence-corrected chi connectivity index (χ2v) is 3.91. The van der Waals surface area contributed by atoms with Gasteiger partial charge in [0.1, 0.15) is 5.82 Å². The molecule has 0 amide bonds. The van der Waals surface area contributed by atoms with Crippen molar-refractivity contribution in [2.75, 3.05) is 0 Å². The smallest absolute Gasteiger partial charge is 0.125 e. The van der Waals surface area contributed by atoms with Gasteiger partial charge in [-0.1, -0.05) is 30.0 Å². The molecule has 2 rings (SSSR count). The van der Waals surface area contributed by atoms with Gasteiger partial charge in [-0.3, -0.25) is 0 Å². The summed E-state index contributed by atoms with van der Waals surface area (Å²) in [6.07, 6.45) is 0. The average Bonchev–Trinajstić information content (AvgIpc) is 2.37. The zero-order valence-electron chi connectivity index (χ0n) is 9.87. The van der Waals surface area contributed by atoms with Crippen molar-refractivity contribution >= 4 is 0 Å². The van der Waals surface area contributed by atoms with Gasteiger partial charge in [0.15, 0.2) is 0 Å². The van der Waals surface area contributed by atoms with E-state index in [1.807, 2.05) is 37.3 Å². The summed E-state index contributed by atoms with van der Waals surface area (Å²) < 4.78 is 13.2. The summed E-state index contributed by atoms with van der Waals surface area (Å²) in [6, 6.07) is 13.7. The standard InChI is InChI=1S/C16H10FN/c1-12-4-2-3-5-15(12)7-6-13-8-14(11-18)10-16(17)9-13/h2-5,8-10H,1H3. The van der Waals surface area contributed by atoms with Gasteiger partial charge in [0, 0.05) is 11.1 Å². The summed E-state index contributed by atoms with van der Waals surface area (Å²) in [6.45, 7) is 1.97. The van der Waals surface area contributed by atoms with Gasteiger partial charge in [-0.15, -0.1) is 0 Å². The molecule has 0 N–H and O–H groups in total. The molecule has 0 radical (unpaired) electrons. The molecule has 0 bridgehead atoms. The van der Waals surface area contributed by atoms with Crippen LogP contribution in [-0.4, -0.2) is 0 Å². The highest BCUT2D eigenvalue weighted by molar-refractivity contribution is 5.48.